The van der Waals surface area contributed by atoms with Crippen LogP contribution in [0.5, 0.6) is 5.75 Å². The smallest absolute Gasteiger partial charge is 0.238 e. The maximum atomic E-state index is 12.6. The number of hydrogen-bond acceptors (Lipinski definition) is 4. The van der Waals surface area contributed by atoms with Crippen LogP contribution in [0.25, 0.3) is 0 Å². The molecule has 0 spiro atoms. The molecule has 5 nitrogen and oxygen atoms in total. The number of rotatable bonds is 9. The molecule has 1 saturated heterocycles. The van der Waals surface area contributed by atoms with E-state index in [9.17, 15) is 9.59 Å². The van der Waals surface area contributed by atoms with E-state index in [1.165, 1.54) is 0 Å². The lowest BCUT2D eigenvalue weighted by atomic mass is 10.1. The van der Waals surface area contributed by atoms with Crippen molar-refractivity contribution in [2.75, 3.05) is 22.6 Å². The molecular formula is C23H28N2O3S. The molecule has 0 bridgehead atoms. The molecular weight excluding hydrogens is 384 g/mol. The molecule has 2 aromatic rings. The first kappa shape index (κ1) is 21.2. The fraction of sp³-hybridized carbons (Fsp3) is 0.391. The minimum Gasteiger partial charge on any atom is -0.492 e. The number of nitrogens with zero attached hydrogens (tertiary/aromatic N) is 1. The molecule has 1 atom stereocenters. The molecule has 1 N–H and O–H groups in total. The summed E-state index contributed by atoms with van der Waals surface area (Å²) in [5.74, 6) is 1.26. The van der Waals surface area contributed by atoms with Gasteiger partial charge in [0.25, 0.3) is 0 Å². The highest BCUT2D eigenvalue weighted by Gasteiger charge is 2.35. The van der Waals surface area contributed by atoms with Crippen molar-refractivity contribution in [3.63, 3.8) is 0 Å². The van der Waals surface area contributed by atoms with E-state index < -0.39 is 0 Å². The van der Waals surface area contributed by atoms with Crippen LogP contribution < -0.4 is 15.0 Å². The van der Waals surface area contributed by atoms with Crippen molar-refractivity contribution < 1.29 is 14.3 Å². The van der Waals surface area contributed by atoms with Crippen molar-refractivity contribution in [2.45, 2.75) is 44.9 Å². The molecule has 0 aromatic heterocycles. The second-order valence-corrected chi connectivity index (χ2v) is 8.02. The van der Waals surface area contributed by atoms with Crippen LogP contribution >= 0.6 is 11.8 Å². The molecule has 154 valence electrons. The summed E-state index contributed by atoms with van der Waals surface area (Å²) in [6.45, 7) is 4.60. The Balaban J connectivity index is 1.74. The van der Waals surface area contributed by atoms with Crippen LogP contribution in [0, 0.1) is 0 Å². The number of unbranched alkanes of at least 4 members (excludes halogenated alkanes) is 2. The number of hydrogen-bond donors (Lipinski definition) is 1. The van der Waals surface area contributed by atoms with Crippen LogP contribution in [0.4, 0.5) is 11.4 Å². The van der Waals surface area contributed by atoms with Gasteiger partial charge in [-0.3, -0.25) is 14.5 Å². The molecule has 6 heteroatoms. The Morgan fingerprint density at radius 1 is 1.14 bits per heavy atom. The highest BCUT2D eigenvalue weighted by Crippen LogP contribution is 2.44. The third-order valence-corrected chi connectivity index (χ3v) is 5.99. The normalized spacial score (nSPS) is 16.1. The van der Waals surface area contributed by atoms with Gasteiger partial charge >= 0.3 is 0 Å². The predicted octanol–water partition coefficient (Wildman–Crippen LogP) is 5.38. The largest absolute Gasteiger partial charge is 0.492 e. The van der Waals surface area contributed by atoms with Gasteiger partial charge in [-0.15, -0.1) is 11.8 Å². The van der Waals surface area contributed by atoms with Gasteiger partial charge in [0.15, 0.2) is 0 Å². The van der Waals surface area contributed by atoms with E-state index in [-0.39, 0.29) is 17.2 Å². The number of ether oxygens (including phenoxy) is 1. The minimum atomic E-state index is -0.113. The van der Waals surface area contributed by atoms with Gasteiger partial charge in [-0.25, -0.2) is 0 Å². The summed E-state index contributed by atoms with van der Waals surface area (Å²) >= 11 is 1.60. The number of carbonyl (C=O) groups excluding carboxylic acids is 2. The Hall–Kier alpha value is -2.47. The van der Waals surface area contributed by atoms with Crippen LogP contribution in [0.15, 0.2) is 48.5 Å². The number of para-hydroxylation sites is 2. The van der Waals surface area contributed by atoms with Crippen molar-refractivity contribution in [3.8, 4) is 5.75 Å². The Morgan fingerprint density at radius 2 is 1.90 bits per heavy atom. The van der Waals surface area contributed by atoms with E-state index in [4.69, 9.17) is 4.74 Å². The number of carbonyl (C=O) groups is 2. The second-order valence-electron chi connectivity index (χ2n) is 6.96. The second kappa shape index (κ2) is 10.3. The summed E-state index contributed by atoms with van der Waals surface area (Å²) in [6.07, 6.45) is 3.63. The van der Waals surface area contributed by atoms with E-state index in [0.29, 0.717) is 24.5 Å². The summed E-state index contributed by atoms with van der Waals surface area (Å²) < 4.78 is 5.73. The van der Waals surface area contributed by atoms with Gasteiger partial charge in [0.05, 0.1) is 18.0 Å². The van der Waals surface area contributed by atoms with Crippen LogP contribution in [-0.2, 0) is 9.59 Å². The van der Waals surface area contributed by atoms with Gasteiger partial charge in [-0.1, -0.05) is 44.0 Å². The molecule has 1 aliphatic rings. The topological polar surface area (TPSA) is 58.6 Å². The monoisotopic (exact) mass is 412 g/mol. The fourth-order valence-electron chi connectivity index (χ4n) is 3.35. The van der Waals surface area contributed by atoms with Gasteiger partial charge in [-0.2, -0.15) is 0 Å². The predicted molar refractivity (Wildman–Crippen MR) is 120 cm³/mol. The molecule has 2 aromatic carbocycles. The van der Waals surface area contributed by atoms with E-state index in [1.807, 2.05) is 60.4 Å². The van der Waals surface area contributed by atoms with Crippen molar-refractivity contribution in [2.24, 2.45) is 0 Å². The number of benzene rings is 2. The Kier molecular flexibility index (Phi) is 7.58. The molecule has 29 heavy (non-hydrogen) atoms. The Labute approximate surface area is 176 Å². The van der Waals surface area contributed by atoms with Gasteiger partial charge in [0.2, 0.25) is 11.8 Å². The first-order chi connectivity index (χ1) is 14.1. The maximum absolute atomic E-state index is 12.6. The van der Waals surface area contributed by atoms with Crippen LogP contribution in [0.2, 0.25) is 0 Å². The van der Waals surface area contributed by atoms with E-state index >= 15 is 0 Å². The first-order valence-electron chi connectivity index (χ1n) is 10.2. The van der Waals surface area contributed by atoms with Crippen molar-refractivity contribution in [1.82, 2.24) is 0 Å². The zero-order valence-electron chi connectivity index (χ0n) is 17.0. The third-order valence-electron chi connectivity index (χ3n) is 4.78. The molecule has 1 heterocycles. The Bertz CT molecular complexity index is 838. The van der Waals surface area contributed by atoms with Gasteiger partial charge in [0.1, 0.15) is 11.1 Å². The lowest BCUT2D eigenvalue weighted by Crippen LogP contribution is -2.28. The summed E-state index contributed by atoms with van der Waals surface area (Å²) in [5.41, 5.74) is 2.60. The van der Waals surface area contributed by atoms with Crippen molar-refractivity contribution in [1.29, 1.82) is 0 Å². The highest BCUT2D eigenvalue weighted by molar-refractivity contribution is 8.00. The van der Waals surface area contributed by atoms with Gasteiger partial charge < -0.3 is 10.1 Å². The third kappa shape index (κ3) is 5.32. The summed E-state index contributed by atoms with van der Waals surface area (Å²) in [6, 6.07) is 15.4. The van der Waals surface area contributed by atoms with Gasteiger partial charge in [0, 0.05) is 12.1 Å². The molecule has 1 fully saturated rings. The van der Waals surface area contributed by atoms with Crippen LogP contribution in [0.1, 0.15) is 50.5 Å². The zero-order valence-corrected chi connectivity index (χ0v) is 17.8. The lowest BCUT2D eigenvalue weighted by molar-refractivity contribution is -0.116. The highest BCUT2D eigenvalue weighted by atomic mass is 32.2. The summed E-state index contributed by atoms with van der Waals surface area (Å²) in [4.78, 5) is 26.5. The lowest BCUT2D eigenvalue weighted by Gasteiger charge is -2.26. The molecule has 2 amide bonds. The standard InChI is InChI=1S/C23H28N2O3S/c1-3-5-6-11-21(26)24-18-14-12-17(13-15-18)23-25(22(27)16-29-23)19-9-7-8-10-20(19)28-4-2/h7-10,12-15,23H,3-6,11,16H2,1-2H3,(H,24,26). The number of amides is 2. The quantitative estimate of drug-likeness (QED) is 0.562. The van der Waals surface area contributed by atoms with E-state index in [2.05, 4.69) is 12.2 Å². The SMILES string of the molecule is CCCCCC(=O)Nc1ccc(C2SCC(=O)N2c2ccccc2OCC)cc1. The number of thioether (sulfide) groups is 1. The summed E-state index contributed by atoms with van der Waals surface area (Å²) in [5, 5.41) is 2.84. The first-order valence-corrected chi connectivity index (χ1v) is 11.2. The molecule has 0 aliphatic carbocycles. The van der Waals surface area contributed by atoms with Crippen LogP contribution in [0.3, 0.4) is 0 Å². The van der Waals surface area contributed by atoms with E-state index in [1.54, 1.807) is 11.8 Å². The summed E-state index contributed by atoms with van der Waals surface area (Å²) in [7, 11) is 0. The molecule has 3 rings (SSSR count). The van der Waals surface area contributed by atoms with Gasteiger partial charge in [-0.05, 0) is 43.2 Å². The number of nitrogens with one attached hydrogen (secondary N) is 1. The van der Waals surface area contributed by atoms with Crippen molar-refractivity contribution in [3.05, 3.63) is 54.1 Å². The average Bonchev–Trinajstić information content (AvgIpc) is 3.11. The number of anilines is 2. The maximum Gasteiger partial charge on any atom is 0.238 e. The zero-order chi connectivity index (χ0) is 20.6. The van der Waals surface area contributed by atoms with Crippen molar-refractivity contribution >= 4 is 35.0 Å². The fourth-order valence-corrected chi connectivity index (χ4v) is 4.52. The molecule has 0 saturated carbocycles. The minimum absolute atomic E-state index is 0.0453. The average molecular weight is 413 g/mol. The molecule has 1 aliphatic heterocycles. The Morgan fingerprint density at radius 3 is 2.62 bits per heavy atom. The van der Waals surface area contributed by atoms with E-state index in [0.717, 1.165) is 36.2 Å². The molecule has 0 radical (unpaired) electrons. The molecule has 1 unspecified atom stereocenters. The van der Waals surface area contributed by atoms with Crippen LogP contribution in [-0.4, -0.2) is 24.2 Å².